The van der Waals surface area contributed by atoms with E-state index in [1.807, 2.05) is 0 Å². The number of benzene rings is 3. The van der Waals surface area contributed by atoms with Crippen molar-refractivity contribution in [2.75, 3.05) is 13.3 Å². The fourth-order valence-corrected chi connectivity index (χ4v) is 5.85. The Kier molecular flexibility index (Phi) is 10.1. The van der Waals surface area contributed by atoms with E-state index in [0.29, 0.717) is 16.6 Å². The first-order valence-corrected chi connectivity index (χ1v) is 14.6. The number of nitrogens with one attached hydrogen (secondary N) is 1. The van der Waals surface area contributed by atoms with Gasteiger partial charge in [-0.05, 0) is 59.7 Å². The topological polar surface area (TPSA) is 172 Å². The zero-order chi connectivity index (χ0) is 33.3. The van der Waals surface area contributed by atoms with Gasteiger partial charge in [-0.25, -0.2) is 8.60 Å². The Morgan fingerprint density at radius 3 is 2.20 bits per heavy atom. The first kappa shape index (κ1) is 34.5. The minimum absolute atomic E-state index is 0.0690. The first-order chi connectivity index (χ1) is 21.0. The van der Waals surface area contributed by atoms with Gasteiger partial charge in [0, 0.05) is 38.5 Å². The predicted octanol–water partition coefficient (Wildman–Crippen LogP) is 2.71. The Hall–Kier alpha value is -3.41. The molecule has 4 rings (SSSR count). The number of nitrogens with zero attached hydrogens (tertiary/aromatic N) is 1. The molecule has 0 saturated heterocycles. The fraction of sp³-hybridized carbons (Fsp3) is 0.276. The van der Waals surface area contributed by atoms with Gasteiger partial charge in [-0.15, -0.1) is 0 Å². The van der Waals surface area contributed by atoms with E-state index in [0.717, 1.165) is 18.2 Å². The van der Waals surface area contributed by atoms with Crippen molar-refractivity contribution in [3.8, 4) is 0 Å². The second-order valence-electron chi connectivity index (χ2n) is 10.0. The molecule has 242 valence electrons. The fourth-order valence-electron chi connectivity index (χ4n) is 4.71. The van der Waals surface area contributed by atoms with Crippen molar-refractivity contribution in [1.29, 1.82) is 0 Å². The number of aromatic nitrogens is 1. The Morgan fingerprint density at radius 2 is 1.62 bits per heavy atom. The Bertz CT molecular complexity index is 1720. The van der Waals surface area contributed by atoms with Crippen LogP contribution in [0.3, 0.4) is 0 Å². The molecule has 1 aromatic heterocycles. The van der Waals surface area contributed by atoms with Gasteiger partial charge < -0.3 is 40.5 Å². The second-order valence-corrected chi connectivity index (χ2v) is 12.0. The van der Waals surface area contributed by atoms with Crippen LogP contribution in [0.4, 0.5) is 17.6 Å². The average Bonchev–Trinajstić information content (AvgIpc) is 3.31. The summed E-state index contributed by atoms with van der Waals surface area (Å²) >= 11 is 5.79. The highest BCUT2D eigenvalue weighted by Gasteiger charge is 2.52. The number of aliphatic hydroxyl groups excluding tert-OH is 1. The van der Waals surface area contributed by atoms with Gasteiger partial charge >= 0.3 is 17.3 Å². The average molecular weight is 675 g/mol. The molecule has 2 atom stereocenters. The molecule has 16 heteroatoms. The van der Waals surface area contributed by atoms with Crippen molar-refractivity contribution in [1.82, 2.24) is 9.88 Å². The summed E-state index contributed by atoms with van der Waals surface area (Å²) in [5, 5.41) is 55.5. The lowest BCUT2D eigenvalue weighted by Gasteiger charge is -2.28. The minimum atomic E-state index is -4.67. The van der Waals surface area contributed by atoms with Crippen molar-refractivity contribution in [2.45, 2.75) is 41.2 Å². The SMILES string of the molecule is O=C(NC(CO)c1ccc(S(=O)C(O)(O)C(O)(O)O)cc1)c1ccc2c(c1)cc(Cc1ccc(Cl)cc1C(F)(F)F)n2CCF. The number of amides is 1. The highest BCUT2D eigenvalue weighted by molar-refractivity contribution is 7.86. The normalized spacial score (nSPS) is 14.0. The molecule has 0 aliphatic carbocycles. The van der Waals surface area contributed by atoms with Gasteiger partial charge in [0.1, 0.15) is 17.5 Å². The highest BCUT2D eigenvalue weighted by Crippen LogP contribution is 2.35. The van der Waals surface area contributed by atoms with E-state index in [9.17, 15) is 41.9 Å². The van der Waals surface area contributed by atoms with Gasteiger partial charge in [0.15, 0.2) is 0 Å². The van der Waals surface area contributed by atoms with Gasteiger partial charge in [0.25, 0.3) is 5.91 Å². The molecule has 0 spiro atoms. The number of hydrogen-bond donors (Lipinski definition) is 7. The third-order valence-electron chi connectivity index (χ3n) is 6.99. The van der Waals surface area contributed by atoms with E-state index in [4.69, 9.17) is 26.9 Å². The monoisotopic (exact) mass is 674 g/mol. The molecule has 2 unspecified atom stereocenters. The predicted molar refractivity (Wildman–Crippen MR) is 154 cm³/mol. The minimum Gasteiger partial charge on any atom is -0.394 e. The molecule has 0 fully saturated rings. The molecule has 0 aliphatic rings. The van der Waals surface area contributed by atoms with E-state index in [2.05, 4.69) is 5.32 Å². The van der Waals surface area contributed by atoms with Gasteiger partial charge in [0.2, 0.25) is 0 Å². The number of alkyl halides is 4. The number of fused-ring (bicyclic) bond motifs is 1. The number of aryl methyl sites for hydroxylation is 1. The van der Waals surface area contributed by atoms with Crippen LogP contribution >= 0.6 is 11.6 Å². The molecule has 10 nitrogen and oxygen atoms in total. The van der Waals surface area contributed by atoms with Crippen LogP contribution in [-0.4, -0.2) is 69.7 Å². The molecule has 0 aliphatic heterocycles. The molecular formula is C29H27ClF4N2O8S. The van der Waals surface area contributed by atoms with E-state index >= 15 is 0 Å². The Morgan fingerprint density at radius 1 is 0.956 bits per heavy atom. The smallest absolute Gasteiger partial charge is 0.394 e. The van der Waals surface area contributed by atoms with Gasteiger partial charge in [0.05, 0.1) is 24.8 Å². The number of carbonyl (C=O) groups is 1. The van der Waals surface area contributed by atoms with Crippen LogP contribution in [0.5, 0.6) is 0 Å². The number of rotatable bonds is 11. The van der Waals surface area contributed by atoms with E-state index in [1.54, 1.807) is 6.07 Å². The maximum atomic E-state index is 13.7. The molecule has 0 bridgehead atoms. The van der Waals surface area contributed by atoms with E-state index in [1.165, 1.54) is 47.0 Å². The summed E-state index contributed by atoms with van der Waals surface area (Å²) < 4.78 is 68.3. The van der Waals surface area contributed by atoms with Crippen molar-refractivity contribution >= 4 is 39.2 Å². The molecule has 7 N–H and O–H groups in total. The molecule has 45 heavy (non-hydrogen) atoms. The lowest BCUT2D eigenvalue weighted by molar-refractivity contribution is -0.413. The molecule has 1 heterocycles. The number of carbonyl (C=O) groups excluding carboxylic acids is 1. The molecule has 0 saturated carbocycles. The van der Waals surface area contributed by atoms with Gasteiger partial charge in [-0.1, -0.05) is 29.8 Å². The third kappa shape index (κ3) is 7.37. The number of aliphatic hydroxyl groups is 6. The lowest BCUT2D eigenvalue weighted by atomic mass is 10.0. The van der Waals surface area contributed by atoms with Crippen LogP contribution in [0.15, 0.2) is 71.6 Å². The second kappa shape index (κ2) is 13.1. The summed E-state index contributed by atoms with van der Waals surface area (Å²) in [6, 6.07) is 13.0. The first-order valence-electron chi connectivity index (χ1n) is 13.1. The summed E-state index contributed by atoms with van der Waals surface area (Å²) in [6.45, 7) is -1.54. The van der Waals surface area contributed by atoms with Crippen molar-refractivity contribution in [3.05, 3.63) is 99.7 Å². The van der Waals surface area contributed by atoms with Crippen LogP contribution in [0.1, 0.15) is 38.8 Å². The van der Waals surface area contributed by atoms with Crippen LogP contribution in [-0.2, 0) is 29.9 Å². The van der Waals surface area contributed by atoms with Crippen molar-refractivity contribution in [2.24, 2.45) is 0 Å². The van der Waals surface area contributed by atoms with Crippen LogP contribution in [0, 0.1) is 0 Å². The lowest BCUT2D eigenvalue weighted by Crippen LogP contribution is -2.57. The molecular weight excluding hydrogens is 648 g/mol. The standard InChI is InChI=1S/C29H27ClF4N2O8S/c30-20-5-1-17(23(14-20)27(32,33)34)12-21-13-19-11-18(4-8-25(19)36(21)10-9-31)26(38)35-24(15-37)16-2-6-22(7-3-16)45(44)29(42,43)28(39,40)41/h1-8,11,13-14,24,37,39-43H,9-10,12,15H2,(H,35,38). The summed E-state index contributed by atoms with van der Waals surface area (Å²) in [6.07, 6.45) is -4.87. The number of halogens is 5. The van der Waals surface area contributed by atoms with Crippen molar-refractivity contribution in [3.63, 3.8) is 0 Å². The molecule has 3 aromatic carbocycles. The van der Waals surface area contributed by atoms with Crippen LogP contribution in [0.2, 0.25) is 5.02 Å². The molecule has 4 aromatic rings. The van der Waals surface area contributed by atoms with Crippen LogP contribution in [0.25, 0.3) is 10.9 Å². The van der Waals surface area contributed by atoms with Gasteiger partial charge in [-0.2, -0.15) is 13.2 Å². The summed E-state index contributed by atoms with van der Waals surface area (Å²) in [4.78, 5) is 12.8. The molecule has 0 radical (unpaired) electrons. The van der Waals surface area contributed by atoms with Crippen LogP contribution < -0.4 is 5.32 Å². The van der Waals surface area contributed by atoms with E-state index < -0.39 is 58.9 Å². The summed E-state index contributed by atoms with van der Waals surface area (Å²) in [7, 11) is -2.94. The highest BCUT2D eigenvalue weighted by atomic mass is 35.5. The number of hydrogen-bond acceptors (Lipinski definition) is 8. The Labute approximate surface area is 260 Å². The van der Waals surface area contributed by atoms with Gasteiger partial charge in [-0.3, -0.25) is 4.79 Å². The Balaban J connectivity index is 1.59. The molecule has 1 amide bonds. The third-order valence-corrected chi connectivity index (χ3v) is 8.71. The quantitative estimate of drug-likeness (QED) is 0.0940. The van der Waals surface area contributed by atoms with Crippen molar-refractivity contribution < 1.29 is 57.2 Å². The summed E-state index contributed by atoms with van der Waals surface area (Å²) in [5.41, 5.74) is 0.245. The zero-order valence-electron chi connectivity index (χ0n) is 23.0. The maximum Gasteiger partial charge on any atom is 0.416 e. The summed E-state index contributed by atoms with van der Waals surface area (Å²) in [5.74, 6) is -4.76. The largest absolute Gasteiger partial charge is 0.416 e. The van der Waals surface area contributed by atoms with E-state index in [-0.39, 0.29) is 39.6 Å². The maximum absolute atomic E-state index is 13.7. The zero-order valence-corrected chi connectivity index (χ0v) is 24.6.